The van der Waals surface area contributed by atoms with Gasteiger partial charge in [0, 0.05) is 19.3 Å². The molecule has 0 N–H and O–H groups in total. The highest BCUT2D eigenvalue weighted by molar-refractivity contribution is 5.71. The molecule has 0 rings (SSSR count). The SMILES string of the molecule is CC/C=C\C/C=C\C/C=C\C/C=C\C/C=C\C/C=C\CCC(=O)OC(COC(=O)CCCCCCC/C=C\C/C=C\C/C=C\CC)COC(=O)CCCCCCCCCC/C=C\C/C=C\C/C=C\CCCCCCC. The van der Waals surface area contributed by atoms with Gasteiger partial charge in [0.05, 0.1) is 0 Å². The first-order valence-electron chi connectivity index (χ1n) is 30.3. The van der Waals surface area contributed by atoms with Crippen molar-refractivity contribution in [1.82, 2.24) is 0 Å². The Morgan fingerprint density at radius 1 is 0.280 bits per heavy atom. The maximum absolute atomic E-state index is 12.9. The van der Waals surface area contributed by atoms with Crippen molar-refractivity contribution in [1.29, 1.82) is 0 Å². The standard InChI is InChI=1S/C69H110O6/c1-4-7-10-13-16-19-22-25-28-30-32-33-34-35-37-38-41-44-47-50-53-56-59-62-68(71)74-65-66(64-73-67(70)61-58-55-52-49-46-43-40-27-24-21-18-15-12-9-6-3)75-69(72)63-60-57-54-51-48-45-42-39-36-31-29-26-23-20-17-14-11-8-5-2/h8-9,11-12,17-18,20-22,25-27,29-30,32,34-36,39-40,45,48,54,57,66H,4-7,10,13-16,19,23-24,28,31,33,37-38,41-44,46-47,49-53,55-56,58-65H2,1-3H3/b11-8-,12-9-,20-17-,21-18-,25-22-,29-26-,32-30-,35-34-,39-36-,40-27-,48-45-,57-54-. The van der Waals surface area contributed by atoms with Crippen LogP contribution in [0.2, 0.25) is 0 Å². The highest BCUT2D eigenvalue weighted by atomic mass is 16.6. The fourth-order valence-electron chi connectivity index (χ4n) is 7.84. The Morgan fingerprint density at radius 3 is 0.867 bits per heavy atom. The average Bonchev–Trinajstić information content (AvgIpc) is 3.41. The maximum Gasteiger partial charge on any atom is 0.306 e. The molecule has 0 amide bonds. The Hall–Kier alpha value is -4.71. The van der Waals surface area contributed by atoms with E-state index in [0.29, 0.717) is 19.3 Å². The van der Waals surface area contributed by atoms with Gasteiger partial charge in [0.2, 0.25) is 0 Å². The molecule has 0 aliphatic carbocycles. The van der Waals surface area contributed by atoms with Crippen LogP contribution in [0.1, 0.15) is 252 Å². The Balaban J connectivity index is 4.52. The molecule has 422 valence electrons. The zero-order chi connectivity index (χ0) is 54.3. The molecule has 6 heteroatoms. The van der Waals surface area contributed by atoms with E-state index in [2.05, 4.69) is 154 Å². The van der Waals surface area contributed by atoms with Gasteiger partial charge in [0.25, 0.3) is 0 Å². The fraction of sp³-hybridized carbons (Fsp3) is 0.609. The molecule has 0 fully saturated rings. The van der Waals surface area contributed by atoms with Crippen LogP contribution >= 0.6 is 0 Å². The molecular formula is C69H110O6. The summed E-state index contributed by atoms with van der Waals surface area (Å²) < 4.78 is 16.8. The smallest absolute Gasteiger partial charge is 0.306 e. The molecule has 0 aromatic heterocycles. The van der Waals surface area contributed by atoms with Gasteiger partial charge in [-0.2, -0.15) is 0 Å². The molecule has 0 saturated carbocycles. The topological polar surface area (TPSA) is 78.9 Å². The van der Waals surface area contributed by atoms with E-state index in [1.54, 1.807) is 0 Å². The van der Waals surface area contributed by atoms with Crippen LogP contribution < -0.4 is 0 Å². The van der Waals surface area contributed by atoms with E-state index < -0.39 is 12.1 Å². The van der Waals surface area contributed by atoms with Gasteiger partial charge in [-0.3, -0.25) is 14.4 Å². The van der Waals surface area contributed by atoms with Crippen LogP contribution in [0.4, 0.5) is 0 Å². The van der Waals surface area contributed by atoms with E-state index in [0.717, 1.165) is 135 Å². The van der Waals surface area contributed by atoms with Gasteiger partial charge in [-0.25, -0.2) is 0 Å². The molecule has 0 saturated heterocycles. The zero-order valence-electron chi connectivity index (χ0n) is 48.3. The molecule has 0 spiro atoms. The van der Waals surface area contributed by atoms with Gasteiger partial charge >= 0.3 is 17.9 Å². The number of hydrogen-bond donors (Lipinski definition) is 0. The summed E-state index contributed by atoms with van der Waals surface area (Å²) in [6.07, 6.45) is 88.5. The molecule has 0 aromatic carbocycles. The van der Waals surface area contributed by atoms with Crippen molar-refractivity contribution in [2.24, 2.45) is 0 Å². The molecule has 1 unspecified atom stereocenters. The maximum atomic E-state index is 12.9. The number of esters is 3. The minimum Gasteiger partial charge on any atom is -0.462 e. The normalized spacial score (nSPS) is 13.2. The van der Waals surface area contributed by atoms with Gasteiger partial charge in [0.15, 0.2) is 6.10 Å². The number of carbonyl (C=O) groups excluding carboxylic acids is 3. The number of ether oxygens (including phenoxy) is 3. The van der Waals surface area contributed by atoms with Crippen LogP contribution in [0.3, 0.4) is 0 Å². The number of rotatable bonds is 53. The summed E-state index contributed by atoms with van der Waals surface area (Å²) in [7, 11) is 0. The summed E-state index contributed by atoms with van der Waals surface area (Å²) in [6, 6.07) is 0. The third-order valence-electron chi connectivity index (χ3n) is 12.3. The summed E-state index contributed by atoms with van der Waals surface area (Å²) in [6.45, 7) is 6.31. The second-order valence-corrected chi connectivity index (χ2v) is 19.5. The van der Waals surface area contributed by atoms with Crippen LogP contribution in [-0.4, -0.2) is 37.2 Å². The van der Waals surface area contributed by atoms with E-state index in [1.807, 2.05) is 12.2 Å². The zero-order valence-corrected chi connectivity index (χ0v) is 48.3. The predicted octanol–water partition coefficient (Wildman–Crippen LogP) is 20.8. The lowest BCUT2D eigenvalue weighted by molar-refractivity contribution is -0.166. The molecule has 0 heterocycles. The van der Waals surface area contributed by atoms with E-state index in [4.69, 9.17) is 14.2 Å². The molecule has 1 atom stereocenters. The number of carbonyl (C=O) groups is 3. The van der Waals surface area contributed by atoms with Crippen LogP contribution in [-0.2, 0) is 28.6 Å². The van der Waals surface area contributed by atoms with Crippen molar-refractivity contribution in [2.75, 3.05) is 13.2 Å². The first kappa shape index (κ1) is 70.3. The summed E-state index contributed by atoms with van der Waals surface area (Å²) in [4.78, 5) is 38.2. The minimum atomic E-state index is -0.837. The lowest BCUT2D eigenvalue weighted by Crippen LogP contribution is -2.30. The summed E-state index contributed by atoms with van der Waals surface area (Å²) in [5.74, 6) is -1.04. The van der Waals surface area contributed by atoms with Crippen LogP contribution in [0.5, 0.6) is 0 Å². The molecule has 6 nitrogen and oxygen atoms in total. The van der Waals surface area contributed by atoms with Crippen molar-refractivity contribution in [2.45, 2.75) is 258 Å². The van der Waals surface area contributed by atoms with Crippen molar-refractivity contribution < 1.29 is 28.6 Å². The molecule has 0 radical (unpaired) electrons. The molecule has 0 bridgehead atoms. The van der Waals surface area contributed by atoms with Gasteiger partial charge in [-0.1, -0.05) is 250 Å². The van der Waals surface area contributed by atoms with Crippen LogP contribution in [0.15, 0.2) is 146 Å². The molecule has 0 aliphatic rings. The molecule has 0 aliphatic heterocycles. The van der Waals surface area contributed by atoms with Gasteiger partial charge in [0.1, 0.15) is 13.2 Å². The lowest BCUT2D eigenvalue weighted by Gasteiger charge is -2.18. The third kappa shape index (κ3) is 60.0. The van der Waals surface area contributed by atoms with E-state index in [9.17, 15) is 14.4 Å². The second-order valence-electron chi connectivity index (χ2n) is 19.5. The number of hydrogen-bond acceptors (Lipinski definition) is 6. The van der Waals surface area contributed by atoms with E-state index in [1.165, 1.54) is 70.6 Å². The predicted molar refractivity (Wildman–Crippen MR) is 325 cm³/mol. The highest BCUT2D eigenvalue weighted by Crippen LogP contribution is 2.14. The average molecular weight is 1040 g/mol. The van der Waals surface area contributed by atoms with Crippen molar-refractivity contribution in [3.05, 3.63) is 146 Å². The first-order chi connectivity index (χ1) is 37.0. The molecule has 0 aromatic rings. The van der Waals surface area contributed by atoms with Gasteiger partial charge in [-0.15, -0.1) is 0 Å². The Kier molecular flexibility index (Phi) is 58.0. The number of unbranched alkanes of at least 4 members (excludes halogenated alkanes) is 18. The third-order valence-corrected chi connectivity index (χ3v) is 12.3. The highest BCUT2D eigenvalue weighted by Gasteiger charge is 2.19. The van der Waals surface area contributed by atoms with E-state index >= 15 is 0 Å². The van der Waals surface area contributed by atoms with Crippen LogP contribution in [0.25, 0.3) is 0 Å². The fourth-order valence-corrected chi connectivity index (χ4v) is 7.84. The van der Waals surface area contributed by atoms with Gasteiger partial charge in [-0.05, 0) is 128 Å². The van der Waals surface area contributed by atoms with Crippen molar-refractivity contribution in [3.8, 4) is 0 Å². The van der Waals surface area contributed by atoms with Crippen molar-refractivity contribution in [3.63, 3.8) is 0 Å². The largest absolute Gasteiger partial charge is 0.462 e. The van der Waals surface area contributed by atoms with Gasteiger partial charge < -0.3 is 14.2 Å². The quantitative estimate of drug-likeness (QED) is 0.0261. The van der Waals surface area contributed by atoms with Crippen molar-refractivity contribution >= 4 is 17.9 Å². The molecule has 75 heavy (non-hydrogen) atoms. The molecular weight excluding hydrogens is 925 g/mol. The Morgan fingerprint density at radius 2 is 0.547 bits per heavy atom. The lowest BCUT2D eigenvalue weighted by atomic mass is 10.1. The number of allylic oxidation sites excluding steroid dienone is 24. The first-order valence-corrected chi connectivity index (χ1v) is 30.3. The minimum absolute atomic E-state index is 0.123. The summed E-state index contributed by atoms with van der Waals surface area (Å²) in [5, 5.41) is 0. The van der Waals surface area contributed by atoms with Crippen LogP contribution in [0, 0.1) is 0 Å². The summed E-state index contributed by atoms with van der Waals surface area (Å²) in [5.41, 5.74) is 0. The summed E-state index contributed by atoms with van der Waals surface area (Å²) >= 11 is 0. The van der Waals surface area contributed by atoms with E-state index in [-0.39, 0.29) is 31.6 Å². The Bertz CT molecular complexity index is 1660. The second kappa shape index (κ2) is 61.8. The monoisotopic (exact) mass is 1030 g/mol. The Labute approximate surface area is 461 Å².